The molecule has 0 saturated heterocycles. The van der Waals surface area contributed by atoms with Crippen molar-refractivity contribution in [3.63, 3.8) is 0 Å². The Morgan fingerprint density at radius 1 is 1.30 bits per heavy atom. The van der Waals surface area contributed by atoms with Gasteiger partial charge < -0.3 is 9.88 Å². The summed E-state index contributed by atoms with van der Waals surface area (Å²) in [4.78, 5) is 23.7. The van der Waals surface area contributed by atoms with Gasteiger partial charge in [-0.15, -0.1) is 0 Å². The van der Waals surface area contributed by atoms with E-state index in [4.69, 9.17) is 4.98 Å². The lowest BCUT2D eigenvalue weighted by molar-refractivity contribution is -0.120. The first kappa shape index (κ1) is 18.2. The molecule has 144 valence electrons. The van der Waals surface area contributed by atoms with Crippen molar-refractivity contribution >= 4 is 5.91 Å². The van der Waals surface area contributed by atoms with Crippen molar-refractivity contribution in [1.29, 1.82) is 0 Å². The number of aromatic nitrogens is 3. The van der Waals surface area contributed by atoms with Crippen LogP contribution in [0.1, 0.15) is 55.7 Å². The van der Waals surface area contributed by atoms with E-state index in [1.54, 1.807) is 12.4 Å². The molecule has 2 aromatic rings. The zero-order valence-corrected chi connectivity index (χ0v) is 16.1. The number of carbonyl (C=O) groups is 1. The number of fused-ring (bicyclic) bond motifs is 1. The fourth-order valence-corrected chi connectivity index (χ4v) is 4.38. The molecule has 1 N–H and O–H groups in total. The van der Waals surface area contributed by atoms with Crippen LogP contribution in [-0.4, -0.2) is 38.4 Å². The number of rotatable bonds is 6. The van der Waals surface area contributed by atoms with Crippen LogP contribution in [0.25, 0.3) is 0 Å². The van der Waals surface area contributed by atoms with Crippen molar-refractivity contribution in [3.05, 3.63) is 47.8 Å². The molecule has 0 unspecified atom stereocenters. The van der Waals surface area contributed by atoms with Gasteiger partial charge in [-0.3, -0.25) is 14.7 Å². The largest absolute Gasteiger partial charge is 0.352 e. The van der Waals surface area contributed by atoms with E-state index in [1.165, 1.54) is 32.2 Å². The normalized spacial score (nSPS) is 20.6. The van der Waals surface area contributed by atoms with E-state index in [0.29, 0.717) is 19.0 Å². The second-order valence-corrected chi connectivity index (χ2v) is 7.92. The maximum atomic E-state index is 12.3. The van der Waals surface area contributed by atoms with E-state index in [1.807, 2.05) is 12.1 Å². The number of nitrogens with one attached hydrogen (secondary N) is 1. The monoisotopic (exact) mass is 367 g/mol. The SMILES string of the molecule is C[C@@H]1c2nc(CC(=O)NCc3cccnc3)cn2CCN1CC1CCCC1. The number of pyridine rings is 1. The third kappa shape index (κ3) is 4.38. The van der Waals surface area contributed by atoms with Crippen molar-refractivity contribution in [2.75, 3.05) is 13.1 Å². The molecule has 0 aromatic carbocycles. The molecule has 0 spiro atoms. The summed E-state index contributed by atoms with van der Waals surface area (Å²) in [6, 6.07) is 4.17. The number of hydrogen-bond donors (Lipinski definition) is 1. The van der Waals surface area contributed by atoms with Crippen molar-refractivity contribution in [2.24, 2.45) is 5.92 Å². The molecule has 1 fully saturated rings. The van der Waals surface area contributed by atoms with Crippen LogP contribution < -0.4 is 5.32 Å². The number of carbonyl (C=O) groups excluding carboxylic acids is 1. The minimum atomic E-state index is 0.00441. The summed E-state index contributed by atoms with van der Waals surface area (Å²) < 4.78 is 2.24. The van der Waals surface area contributed by atoms with Gasteiger partial charge in [-0.2, -0.15) is 0 Å². The first-order valence-electron chi connectivity index (χ1n) is 10.1. The fraction of sp³-hybridized carbons (Fsp3) is 0.571. The van der Waals surface area contributed by atoms with Crippen molar-refractivity contribution in [2.45, 2.75) is 58.2 Å². The first-order valence-corrected chi connectivity index (χ1v) is 10.1. The number of hydrogen-bond acceptors (Lipinski definition) is 4. The predicted octanol–water partition coefficient (Wildman–Crippen LogP) is 2.70. The smallest absolute Gasteiger partial charge is 0.226 e. The lowest BCUT2D eigenvalue weighted by Gasteiger charge is -2.35. The molecular weight excluding hydrogens is 338 g/mol. The average Bonchev–Trinajstić information content (AvgIpc) is 3.33. The Labute approximate surface area is 161 Å². The van der Waals surface area contributed by atoms with Crippen LogP contribution in [-0.2, 0) is 24.3 Å². The second-order valence-electron chi connectivity index (χ2n) is 7.92. The Bertz CT molecular complexity index is 766. The molecule has 2 aliphatic rings. The highest BCUT2D eigenvalue weighted by Gasteiger charge is 2.29. The molecule has 0 bridgehead atoms. The zero-order chi connectivity index (χ0) is 18.6. The highest BCUT2D eigenvalue weighted by molar-refractivity contribution is 5.78. The third-order valence-corrected chi connectivity index (χ3v) is 5.93. The maximum Gasteiger partial charge on any atom is 0.226 e. The van der Waals surface area contributed by atoms with Crippen LogP contribution in [0.3, 0.4) is 0 Å². The van der Waals surface area contributed by atoms with E-state index in [-0.39, 0.29) is 5.91 Å². The molecule has 1 saturated carbocycles. The molecule has 1 aliphatic heterocycles. The standard InChI is InChI=1S/C21H29N5O/c1-16-21-24-19(11-20(27)23-13-18-7-4-8-22-12-18)15-26(21)10-9-25(16)14-17-5-2-3-6-17/h4,7-8,12,15-17H,2-3,5-6,9-11,13-14H2,1H3,(H,23,27)/t16-/m1/s1. The second kappa shape index (κ2) is 8.21. The Balaban J connectivity index is 1.34. The summed E-state index contributed by atoms with van der Waals surface area (Å²) in [5, 5.41) is 2.96. The zero-order valence-electron chi connectivity index (χ0n) is 16.1. The van der Waals surface area contributed by atoms with E-state index >= 15 is 0 Å². The minimum Gasteiger partial charge on any atom is -0.352 e. The van der Waals surface area contributed by atoms with E-state index < -0.39 is 0 Å². The molecule has 6 heteroatoms. The first-order chi connectivity index (χ1) is 13.2. The van der Waals surface area contributed by atoms with Gasteiger partial charge in [0.2, 0.25) is 5.91 Å². The summed E-state index contributed by atoms with van der Waals surface area (Å²) in [6.07, 6.45) is 11.4. The molecule has 4 rings (SSSR count). The molecule has 6 nitrogen and oxygen atoms in total. The maximum absolute atomic E-state index is 12.3. The van der Waals surface area contributed by atoms with Gasteiger partial charge in [0.1, 0.15) is 5.82 Å². The Hall–Kier alpha value is -2.21. The van der Waals surface area contributed by atoms with E-state index in [9.17, 15) is 4.79 Å². The lowest BCUT2D eigenvalue weighted by atomic mass is 10.1. The van der Waals surface area contributed by atoms with Crippen LogP contribution in [0.5, 0.6) is 0 Å². The quantitative estimate of drug-likeness (QED) is 0.853. The molecule has 2 aromatic heterocycles. The molecule has 1 atom stereocenters. The Kier molecular flexibility index (Phi) is 5.53. The predicted molar refractivity (Wildman–Crippen MR) is 104 cm³/mol. The summed E-state index contributed by atoms with van der Waals surface area (Å²) >= 11 is 0. The summed E-state index contributed by atoms with van der Waals surface area (Å²) in [5.74, 6) is 1.96. The minimum absolute atomic E-state index is 0.00441. The fourth-order valence-electron chi connectivity index (χ4n) is 4.38. The van der Waals surface area contributed by atoms with Crippen LogP contribution in [0.15, 0.2) is 30.7 Å². The Morgan fingerprint density at radius 2 is 2.15 bits per heavy atom. The molecular formula is C21H29N5O. The number of amides is 1. The summed E-state index contributed by atoms with van der Waals surface area (Å²) in [5.41, 5.74) is 1.87. The van der Waals surface area contributed by atoms with Crippen LogP contribution in [0, 0.1) is 5.92 Å². The van der Waals surface area contributed by atoms with Crippen molar-refractivity contribution < 1.29 is 4.79 Å². The summed E-state index contributed by atoms with van der Waals surface area (Å²) in [7, 11) is 0. The number of nitrogens with zero attached hydrogens (tertiary/aromatic N) is 4. The van der Waals surface area contributed by atoms with E-state index in [2.05, 4.69) is 32.9 Å². The van der Waals surface area contributed by atoms with Crippen LogP contribution in [0.2, 0.25) is 0 Å². The van der Waals surface area contributed by atoms with Gasteiger partial charge in [0.05, 0.1) is 18.2 Å². The summed E-state index contributed by atoms with van der Waals surface area (Å²) in [6.45, 7) is 5.99. The van der Waals surface area contributed by atoms with Crippen molar-refractivity contribution in [1.82, 2.24) is 24.8 Å². The Morgan fingerprint density at radius 3 is 2.93 bits per heavy atom. The van der Waals surface area contributed by atoms with Gasteiger partial charge in [-0.25, -0.2) is 4.98 Å². The molecule has 0 radical (unpaired) electrons. The topological polar surface area (TPSA) is 63.1 Å². The molecule has 3 heterocycles. The van der Waals surface area contributed by atoms with E-state index in [0.717, 1.165) is 36.1 Å². The van der Waals surface area contributed by atoms with Gasteiger partial charge in [0, 0.05) is 44.8 Å². The van der Waals surface area contributed by atoms with Gasteiger partial charge in [0.25, 0.3) is 0 Å². The highest BCUT2D eigenvalue weighted by Crippen LogP contribution is 2.30. The van der Waals surface area contributed by atoms with Gasteiger partial charge in [-0.05, 0) is 37.3 Å². The molecule has 27 heavy (non-hydrogen) atoms. The van der Waals surface area contributed by atoms with Crippen LogP contribution >= 0.6 is 0 Å². The number of imidazole rings is 1. The van der Waals surface area contributed by atoms with Gasteiger partial charge >= 0.3 is 0 Å². The van der Waals surface area contributed by atoms with Gasteiger partial charge in [0.15, 0.2) is 0 Å². The molecule has 1 amide bonds. The highest BCUT2D eigenvalue weighted by atomic mass is 16.1. The van der Waals surface area contributed by atoms with Gasteiger partial charge in [-0.1, -0.05) is 18.9 Å². The third-order valence-electron chi connectivity index (χ3n) is 5.93. The lowest BCUT2D eigenvalue weighted by Crippen LogP contribution is -2.39. The average molecular weight is 367 g/mol. The van der Waals surface area contributed by atoms with Crippen molar-refractivity contribution in [3.8, 4) is 0 Å². The van der Waals surface area contributed by atoms with Crippen LogP contribution in [0.4, 0.5) is 0 Å². The molecule has 1 aliphatic carbocycles.